The van der Waals surface area contributed by atoms with Gasteiger partial charge in [0.1, 0.15) is 5.75 Å². The number of carbonyl (C=O) groups is 1. The van der Waals surface area contributed by atoms with Gasteiger partial charge in [0.15, 0.2) is 16.6 Å². The minimum Gasteiger partial charge on any atom is -0.493 e. The number of anilines is 1. The third-order valence-corrected chi connectivity index (χ3v) is 4.79. The minimum absolute atomic E-state index is 0.265. The number of benzene rings is 2. The van der Waals surface area contributed by atoms with Crippen molar-refractivity contribution >= 4 is 28.5 Å². The fourth-order valence-electron chi connectivity index (χ4n) is 2.69. The number of thiazole rings is 1. The summed E-state index contributed by atoms with van der Waals surface area (Å²) < 4.78 is 16.1. The van der Waals surface area contributed by atoms with Crippen LogP contribution in [0.5, 0.6) is 17.2 Å². The van der Waals surface area contributed by atoms with E-state index < -0.39 is 0 Å². The number of nitrogens with one attached hydrogen (secondary N) is 1. The Kier molecular flexibility index (Phi) is 6.86. The number of ether oxygens (including phenoxy) is 3. The Hall–Kier alpha value is -3.32. The minimum atomic E-state index is -0.265. The summed E-state index contributed by atoms with van der Waals surface area (Å²) in [7, 11) is 3.15. The molecule has 0 aliphatic rings. The first-order chi connectivity index (χ1) is 14.1. The topological polar surface area (TPSA) is 69.7 Å². The standard InChI is InChI=1S/C22H22N2O4S/c1-4-28-18-8-6-5-7-16(18)17-14-29-22(23-17)24-21(25)12-10-15-9-11-19(26-2)20(13-15)27-3/h5-14H,4H2,1-3H3,(H,23,24,25)/b12-10+. The second-order valence-electron chi connectivity index (χ2n) is 5.90. The quantitative estimate of drug-likeness (QED) is 0.536. The number of rotatable bonds is 8. The molecule has 0 unspecified atom stereocenters. The smallest absolute Gasteiger partial charge is 0.250 e. The predicted molar refractivity (Wildman–Crippen MR) is 116 cm³/mol. The van der Waals surface area contributed by atoms with E-state index in [-0.39, 0.29) is 5.91 Å². The molecule has 7 heteroatoms. The fourth-order valence-corrected chi connectivity index (χ4v) is 3.40. The van der Waals surface area contributed by atoms with Gasteiger partial charge in [-0.1, -0.05) is 18.2 Å². The van der Waals surface area contributed by atoms with Crippen LogP contribution in [0, 0.1) is 0 Å². The molecule has 0 radical (unpaired) electrons. The van der Waals surface area contributed by atoms with Gasteiger partial charge in [0, 0.05) is 17.0 Å². The molecule has 1 heterocycles. The molecular weight excluding hydrogens is 388 g/mol. The van der Waals surface area contributed by atoms with Crippen molar-refractivity contribution < 1.29 is 19.0 Å². The van der Waals surface area contributed by atoms with E-state index in [1.807, 2.05) is 42.6 Å². The highest BCUT2D eigenvalue weighted by Crippen LogP contribution is 2.32. The number of carbonyl (C=O) groups excluding carboxylic acids is 1. The Balaban J connectivity index is 1.69. The highest BCUT2D eigenvalue weighted by Gasteiger charge is 2.11. The number of methoxy groups -OCH3 is 2. The van der Waals surface area contributed by atoms with Crippen molar-refractivity contribution in [1.82, 2.24) is 4.98 Å². The first kappa shape index (κ1) is 20.4. The molecule has 0 fully saturated rings. The molecular formula is C22H22N2O4S. The van der Waals surface area contributed by atoms with Gasteiger partial charge >= 0.3 is 0 Å². The Bertz CT molecular complexity index is 1010. The van der Waals surface area contributed by atoms with Gasteiger partial charge < -0.3 is 14.2 Å². The molecule has 0 atom stereocenters. The lowest BCUT2D eigenvalue weighted by atomic mass is 10.1. The molecule has 1 N–H and O–H groups in total. The maximum atomic E-state index is 12.3. The predicted octanol–water partition coefficient (Wildman–Crippen LogP) is 4.88. The maximum absolute atomic E-state index is 12.3. The summed E-state index contributed by atoms with van der Waals surface area (Å²) in [6, 6.07) is 13.1. The average molecular weight is 410 g/mol. The van der Waals surface area contributed by atoms with Crippen molar-refractivity contribution in [2.45, 2.75) is 6.92 Å². The lowest BCUT2D eigenvalue weighted by Crippen LogP contribution is -2.07. The van der Waals surface area contributed by atoms with E-state index in [0.717, 1.165) is 22.6 Å². The summed E-state index contributed by atoms with van der Waals surface area (Å²) in [6.07, 6.45) is 3.16. The zero-order valence-corrected chi connectivity index (χ0v) is 17.3. The van der Waals surface area contributed by atoms with Crippen molar-refractivity contribution in [3.63, 3.8) is 0 Å². The Morgan fingerprint density at radius 2 is 1.90 bits per heavy atom. The number of nitrogens with zero attached hydrogens (tertiary/aromatic N) is 1. The summed E-state index contributed by atoms with van der Waals surface area (Å²) in [6.45, 7) is 2.51. The summed E-state index contributed by atoms with van der Waals surface area (Å²) >= 11 is 1.36. The first-order valence-corrected chi connectivity index (χ1v) is 9.91. The zero-order chi connectivity index (χ0) is 20.6. The molecule has 2 aromatic carbocycles. The first-order valence-electron chi connectivity index (χ1n) is 9.03. The summed E-state index contributed by atoms with van der Waals surface area (Å²) in [5.41, 5.74) is 2.48. The average Bonchev–Trinajstić information content (AvgIpc) is 3.20. The Labute approximate surface area is 173 Å². The molecule has 29 heavy (non-hydrogen) atoms. The summed E-state index contributed by atoms with van der Waals surface area (Å²) in [5.74, 6) is 1.75. The highest BCUT2D eigenvalue weighted by molar-refractivity contribution is 7.14. The van der Waals surface area contributed by atoms with E-state index in [9.17, 15) is 4.79 Å². The third kappa shape index (κ3) is 5.14. The lowest BCUT2D eigenvalue weighted by Gasteiger charge is -2.07. The monoisotopic (exact) mass is 410 g/mol. The van der Waals surface area contributed by atoms with E-state index in [4.69, 9.17) is 14.2 Å². The molecule has 0 spiro atoms. The van der Waals surface area contributed by atoms with E-state index >= 15 is 0 Å². The summed E-state index contributed by atoms with van der Waals surface area (Å²) in [5, 5.41) is 5.21. The van der Waals surface area contributed by atoms with Crippen LogP contribution < -0.4 is 19.5 Å². The lowest BCUT2D eigenvalue weighted by molar-refractivity contribution is -0.111. The fraction of sp³-hybridized carbons (Fsp3) is 0.182. The van der Waals surface area contributed by atoms with Crippen molar-refractivity contribution in [2.75, 3.05) is 26.1 Å². The van der Waals surface area contributed by atoms with Crippen molar-refractivity contribution in [3.8, 4) is 28.5 Å². The number of hydrogen-bond acceptors (Lipinski definition) is 6. The van der Waals surface area contributed by atoms with Crippen LogP contribution in [0.15, 0.2) is 53.9 Å². The van der Waals surface area contributed by atoms with Crippen LogP contribution in [0.4, 0.5) is 5.13 Å². The van der Waals surface area contributed by atoms with E-state index in [2.05, 4.69) is 10.3 Å². The van der Waals surface area contributed by atoms with Crippen LogP contribution in [0.3, 0.4) is 0 Å². The molecule has 6 nitrogen and oxygen atoms in total. The van der Waals surface area contributed by atoms with Crippen LogP contribution in [-0.4, -0.2) is 31.7 Å². The molecule has 3 rings (SSSR count). The largest absolute Gasteiger partial charge is 0.493 e. The Morgan fingerprint density at radius 1 is 1.10 bits per heavy atom. The molecule has 150 valence electrons. The van der Waals surface area contributed by atoms with Crippen LogP contribution in [0.2, 0.25) is 0 Å². The molecule has 0 aliphatic heterocycles. The van der Waals surface area contributed by atoms with E-state index in [0.29, 0.717) is 23.2 Å². The highest BCUT2D eigenvalue weighted by atomic mass is 32.1. The van der Waals surface area contributed by atoms with E-state index in [1.54, 1.807) is 32.4 Å². The van der Waals surface area contributed by atoms with Gasteiger partial charge in [-0.15, -0.1) is 11.3 Å². The van der Waals surface area contributed by atoms with Gasteiger partial charge in [-0.3, -0.25) is 10.1 Å². The van der Waals surface area contributed by atoms with Gasteiger partial charge in [-0.05, 0) is 42.8 Å². The van der Waals surface area contributed by atoms with Gasteiger partial charge in [0.2, 0.25) is 5.91 Å². The molecule has 3 aromatic rings. The van der Waals surface area contributed by atoms with Gasteiger partial charge in [0.05, 0.1) is 26.5 Å². The zero-order valence-electron chi connectivity index (χ0n) is 16.5. The Morgan fingerprint density at radius 3 is 2.66 bits per heavy atom. The van der Waals surface area contributed by atoms with Crippen molar-refractivity contribution in [2.24, 2.45) is 0 Å². The molecule has 1 amide bonds. The van der Waals surface area contributed by atoms with Gasteiger partial charge in [-0.2, -0.15) is 0 Å². The SMILES string of the molecule is CCOc1ccccc1-c1csc(NC(=O)/C=C/c2ccc(OC)c(OC)c2)n1. The van der Waals surface area contributed by atoms with E-state index in [1.165, 1.54) is 17.4 Å². The van der Waals surface area contributed by atoms with Crippen molar-refractivity contribution in [3.05, 3.63) is 59.5 Å². The van der Waals surface area contributed by atoms with Crippen LogP contribution in [-0.2, 0) is 4.79 Å². The molecule has 1 aromatic heterocycles. The molecule has 0 saturated heterocycles. The third-order valence-electron chi connectivity index (χ3n) is 4.03. The molecule has 0 aliphatic carbocycles. The number of aromatic nitrogens is 1. The number of para-hydroxylation sites is 1. The number of amides is 1. The van der Waals surface area contributed by atoms with Crippen LogP contribution in [0.25, 0.3) is 17.3 Å². The van der Waals surface area contributed by atoms with Gasteiger partial charge in [-0.25, -0.2) is 4.98 Å². The maximum Gasteiger partial charge on any atom is 0.250 e. The number of hydrogen-bond donors (Lipinski definition) is 1. The normalized spacial score (nSPS) is 10.7. The van der Waals surface area contributed by atoms with Crippen molar-refractivity contribution in [1.29, 1.82) is 0 Å². The van der Waals surface area contributed by atoms with Crippen LogP contribution >= 0.6 is 11.3 Å². The van der Waals surface area contributed by atoms with Crippen LogP contribution in [0.1, 0.15) is 12.5 Å². The second-order valence-corrected chi connectivity index (χ2v) is 6.76. The summed E-state index contributed by atoms with van der Waals surface area (Å²) in [4.78, 5) is 16.8. The molecule has 0 bridgehead atoms. The molecule has 0 saturated carbocycles. The second kappa shape index (κ2) is 9.75. The van der Waals surface area contributed by atoms with Gasteiger partial charge in [0.25, 0.3) is 0 Å².